The topological polar surface area (TPSA) is 66.8 Å². The van der Waals surface area contributed by atoms with Gasteiger partial charge in [0.15, 0.2) is 8.32 Å². The Morgan fingerprint density at radius 1 is 1.08 bits per heavy atom. The zero-order valence-corrected chi connectivity index (χ0v) is 25.5. The third-order valence-corrected chi connectivity index (χ3v) is 13.2. The third kappa shape index (κ3) is 6.03. The van der Waals surface area contributed by atoms with Gasteiger partial charge in [0.05, 0.1) is 10.5 Å². The van der Waals surface area contributed by atoms with E-state index in [-0.39, 0.29) is 28.4 Å². The molecule has 4 rings (SSSR count). The Balaban J connectivity index is 1.77. The van der Waals surface area contributed by atoms with Crippen molar-refractivity contribution in [2.75, 3.05) is 6.54 Å². The molecule has 1 N–H and O–H groups in total. The van der Waals surface area contributed by atoms with Crippen LogP contribution in [0.5, 0.6) is 0 Å². The van der Waals surface area contributed by atoms with Crippen LogP contribution in [-0.2, 0) is 15.6 Å². The minimum absolute atomic E-state index is 0.154. The molecule has 0 radical (unpaired) electrons. The highest BCUT2D eigenvalue weighted by molar-refractivity contribution is 9.10. The second-order valence-electron chi connectivity index (χ2n) is 11.7. The minimum Gasteiger partial charge on any atom is -0.465 e. The van der Waals surface area contributed by atoms with Gasteiger partial charge in [-0.05, 0) is 80.4 Å². The van der Waals surface area contributed by atoms with Crippen molar-refractivity contribution in [2.45, 2.75) is 63.4 Å². The molecule has 3 aromatic carbocycles. The SMILES string of the molecule is CC(C)(C)[Si](C)(C)O[C@H](C=O)[C@H](Cc1ccc(F)c(Br)c1)N(CC1c2ccccc2-c2ccccc21)C(=O)O. The van der Waals surface area contributed by atoms with Gasteiger partial charge in [0.2, 0.25) is 0 Å². The number of fused-ring (bicyclic) bond motifs is 3. The molecule has 8 heteroatoms. The van der Waals surface area contributed by atoms with Crippen molar-refractivity contribution in [1.82, 2.24) is 4.90 Å². The fourth-order valence-corrected chi connectivity index (χ4v) is 6.71. The zero-order chi connectivity index (χ0) is 28.5. The van der Waals surface area contributed by atoms with Gasteiger partial charge < -0.3 is 19.2 Å². The molecule has 1 aliphatic rings. The van der Waals surface area contributed by atoms with Crippen molar-refractivity contribution in [1.29, 1.82) is 0 Å². The Hall–Kier alpha value is -2.81. The van der Waals surface area contributed by atoms with Gasteiger partial charge in [-0.25, -0.2) is 9.18 Å². The van der Waals surface area contributed by atoms with E-state index in [0.29, 0.717) is 5.56 Å². The van der Waals surface area contributed by atoms with Crippen molar-refractivity contribution in [3.63, 3.8) is 0 Å². The first-order valence-corrected chi connectivity index (χ1v) is 16.8. The minimum atomic E-state index is -2.45. The van der Waals surface area contributed by atoms with Gasteiger partial charge >= 0.3 is 6.09 Å². The number of aldehydes is 1. The third-order valence-electron chi connectivity index (χ3n) is 8.17. The fourth-order valence-electron chi connectivity index (χ4n) is 5.03. The Kier molecular flexibility index (Phi) is 8.49. The van der Waals surface area contributed by atoms with Gasteiger partial charge in [-0.15, -0.1) is 0 Å². The first kappa shape index (κ1) is 29.2. The molecule has 2 atom stereocenters. The van der Waals surface area contributed by atoms with Gasteiger partial charge in [-0.3, -0.25) is 0 Å². The number of amides is 1. The van der Waals surface area contributed by atoms with Gasteiger partial charge in [-0.2, -0.15) is 0 Å². The van der Waals surface area contributed by atoms with E-state index in [1.54, 1.807) is 12.1 Å². The first-order chi connectivity index (χ1) is 18.3. The molecular formula is C31H35BrFNO4Si. The molecule has 0 unspecified atom stereocenters. The average molecular weight is 613 g/mol. The molecule has 0 fully saturated rings. The van der Waals surface area contributed by atoms with Crippen molar-refractivity contribution in [3.05, 3.63) is 93.7 Å². The molecule has 0 saturated heterocycles. The number of nitrogens with zero attached hydrogens (tertiary/aromatic N) is 1. The van der Waals surface area contributed by atoms with E-state index < -0.39 is 32.4 Å². The van der Waals surface area contributed by atoms with Crippen LogP contribution in [0.25, 0.3) is 11.1 Å². The molecule has 5 nitrogen and oxygen atoms in total. The molecule has 0 bridgehead atoms. The summed E-state index contributed by atoms with van der Waals surface area (Å²) >= 11 is 3.24. The number of halogens is 2. The molecular weight excluding hydrogens is 577 g/mol. The largest absolute Gasteiger partial charge is 0.465 e. The number of benzene rings is 3. The summed E-state index contributed by atoms with van der Waals surface area (Å²) in [5.41, 5.74) is 5.00. The van der Waals surface area contributed by atoms with Crippen molar-refractivity contribution < 1.29 is 23.5 Å². The number of hydrogen-bond acceptors (Lipinski definition) is 3. The highest BCUT2D eigenvalue weighted by atomic mass is 79.9. The number of carbonyl (C=O) groups is 2. The summed E-state index contributed by atoms with van der Waals surface area (Å²) in [4.78, 5) is 26.9. The van der Waals surface area contributed by atoms with Crippen LogP contribution in [0.2, 0.25) is 18.1 Å². The predicted octanol–water partition coefficient (Wildman–Crippen LogP) is 7.88. The van der Waals surface area contributed by atoms with E-state index in [4.69, 9.17) is 4.43 Å². The van der Waals surface area contributed by atoms with E-state index in [9.17, 15) is 19.1 Å². The zero-order valence-electron chi connectivity index (χ0n) is 22.9. The van der Waals surface area contributed by atoms with Crippen LogP contribution in [0.1, 0.15) is 43.4 Å². The highest BCUT2D eigenvalue weighted by Gasteiger charge is 2.43. The van der Waals surface area contributed by atoms with E-state index in [2.05, 4.69) is 48.8 Å². The monoisotopic (exact) mass is 611 g/mol. The second-order valence-corrected chi connectivity index (χ2v) is 17.3. The van der Waals surface area contributed by atoms with Crippen molar-refractivity contribution >= 4 is 36.6 Å². The number of hydrogen-bond donors (Lipinski definition) is 1. The molecule has 3 aromatic rings. The van der Waals surface area contributed by atoms with E-state index in [1.807, 2.05) is 49.5 Å². The summed E-state index contributed by atoms with van der Waals surface area (Å²) in [6.07, 6.45) is -1.19. The highest BCUT2D eigenvalue weighted by Crippen LogP contribution is 2.45. The lowest BCUT2D eigenvalue weighted by Gasteiger charge is -2.42. The Morgan fingerprint density at radius 2 is 1.64 bits per heavy atom. The Morgan fingerprint density at radius 3 is 2.13 bits per heavy atom. The van der Waals surface area contributed by atoms with E-state index in [0.717, 1.165) is 28.5 Å². The lowest BCUT2D eigenvalue weighted by molar-refractivity contribution is -0.116. The Bertz CT molecular complexity index is 1330. The van der Waals surface area contributed by atoms with Crippen LogP contribution in [0, 0.1) is 5.82 Å². The first-order valence-electron chi connectivity index (χ1n) is 13.1. The molecule has 39 heavy (non-hydrogen) atoms. The van der Waals surface area contributed by atoms with E-state index in [1.165, 1.54) is 11.0 Å². The van der Waals surface area contributed by atoms with Crippen LogP contribution in [0.15, 0.2) is 71.2 Å². The van der Waals surface area contributed by atoms with Crippen molar-refractivity contribution in [3.8, 4) is 11.1 Å². The Labute approximate surface area is 239 Å². The summed E-state index contributed by atoms with van der Waals surface area (Å²) < 4.78 is 20.9. The second kappa shape index (κ2) is 11.4. The van der Waals surface area contributed by atoms with Crippen LogP contribution in [0.3, 0.4) is 0 Å². The smallest absolute Gasteiger partial charge is 0.407 e. The van der Waals surface area contributed by atoms with Crippen molar-refractivity contribution in [2.24, 2.45) is 0 Å². The maximum atomic E-state index is 14.0. The predicted molar refractivity (Wildman–Crippen MR) is 158 cm³/mol. The van der Waals surface area contributed by atoms with Gasteiger partial charge in [0.25, 0.3) is 0 Å². The molecule has 0 saturated carbocycles. The molecule has 0 aromatic heterocycles. The summed E-state index contributed by atoms with van der Waals surface area (Å²) in [5.74, 6) is -0.606. The fraction of sp³-hybridized carbons (Fsp3) is 0.355. The van der Waals surface area contributed by atoms with Crippen LogP contribution in [-0.4, -0.2) is 49.4 Å². The maximum absolute atomic E-state index is 14.0. The van der Waals surface area contributed by atoms with Crippen LogP contribution >= 0.6 is 15.9 Å². The number of rotatable bonds is 9. The standard InChI is InChI=1S/C31H35BrFNO4Si/c1-31(2,3)39(4,5)38-29(19-35)28(17-20-14-15-27(33)26(32)16-20)34(30(36)37)18-25-23-12-8-6-10-21(23)22-11-7-9-13-24(22)25/h6-16,19,25,28-29H,17-18H2,1-5H3,(H,36,37)/t28-,29+/m0/s1. The summed E-state index contributed by atoms with van der Waals surface area (Å²) in [7, 11) is -2.45. The quantitative estimate of drug-likeness (QED) is 0.197. The van der Waals surface area contributed by atoms with Gasteiger partial charge in [0, 0.05) is 12.5 Å². The molecule has 0 aliphatic heterocycles. The molecule has 0 heterocycles. The summed E-state index contributed by atoms with van der Waals surface area (Å²) in [6, 6.07) is 19.9. The lowest BCUT2D eigenvalue weighted by atomic mass is 9.94. The van der Waals surface area contributed by atoms with Crippen LogP contribution in [0.4, 0.5) is 9.18 Å². The normalized spacial score (nSPS) is 14.8. The molecule has 1 amide bonds. The lowest BCUT2D eigenvalue weighted by Crippen LogP contribution is -2.55. The van der Waals surface area contributed by atoms with Crippen LogP contribution < -0.4 is 0 Å². The molecule has 0 spiro atoms. The summed E-state index contributed by atoms with van der Waals surface area (Å²) in [5, 5.41) is 10.4. The molecule has 206 valence electrons. The molecule has 1 aliphatic carbocycles. The number of carbonyl (C=O) groups excluding carboxylic acids is 1. The van der Waals surface area contributed by atoms with Gasteiger partial charge in [0.1, 0.15) is 18.2 Å². The summed E-state index contributed by atoms with van der Waals surface area (Å²) in [6.45, 7) is 10.5. The van der Waals surface area contributed by atoms with Gasteiger partial charge in [-0.1, -0.05) is 75.4 Å². The number of carboxylic acid groups (broad SMARTS) is 1. The maximum Gasteiger partial charge on any atom is 0.407 e. The average Bonchev–Trinajstić information content (AvgIpc) is 3.19. The van der Waals surface area contributed by atoms with E-state index >= 15 is 0 Å².